The molecule has 2 N–H and O–H groups in total. The van der Waals surface area contributed by atoms with Crippen molar-refractivity contribution in [3.05, 3.63) is 65.5 Å². The highest BCUT2D eigenvalue weighted by Crippen LogP contribution is 2.65. The highest BCUT2D eigenvalue weighted by molar-refractivity contribution is 5.95. The Morgan fingerprint density at radius 2 is 1.72 bits per heavy atom. The first-order chi connectivity index (χ1) is 14.0. The fraction of sp³-hybridized carbons (Fsp3) is 0.458. The second-order valence-corrected chi connectivity index (χ2v) is 9.54. The maximum absolute atomic E-state index is 13.3. The first kappa shape index (κ1) is 18.3. The molecule has 2 aromatic rings. The lowest BCUT2D eigenvalue weighted by atomic mass is 9.42. The summed E-state index contributed by atoms with van der Waals surface area (Å²) in [6.07, 6.45) is 9.48. The Hall–Kier alpha value is -2.69. The van der Waals surface area contributed by atoms with E-state index in [2.05, 4.69) is 47.0 Å². The molecule has 5 nitrogen and oxygen atoms in total. The van der Waals surface area contributed by atoms with Crippen LogP contribution in [0.2, 0.25) is 0 Å². The lowest BCUT2D eigenvalue weighted by Crippen LogP contribution is -2.60. The second kappa shape index (κ2) is 6.68. The molecule has 0 spiro atoms. The van der Waals surface area contributed by atoms with Crippen LogP contribution in [0.15, 0.2) is 48.8 Å². The Kier molecular flexibility index (Phi) is 4.23. The fourth-order valence-electron chi connectivity index (χ4n) is 6.59. The predicted octanol–water partition coefficient (Wildman–Crippen LogP) is 3.69. The molecule has 0 radical (unpaired) electrons. The van der Waals surface area contributed by atoms with E-state index >= 15 is 0 Å². The van der Waals surface area contributed by atoms with Crippen LogP contribution in [0.25, 0.3) is 0 Å². The maximum atomic E-state index is 13.3. The molecule has 1 heterocycles. The molecular formula is C24H27N3O2. The number of amides is 2. The summed E-state index contributed by atoms with van der Waals surface area (Å²) in [5.41, 5.74) is 8.17. The number of hydrogen-bond donors (Lipinski definition) is 2. The van der Waals surface area contributed by atoms with Crippen LogP contribution in [0, 0.1) is 24.2 Å². The minimum atomic E-state index is -0.378. The third-order valence-corrected chi connectivity index (χ3v) is 7.42. The van der Waals surface area contributed by atoms with Gasteiger partial charge in [0.1, 0.15) is 0 Å². The largest absolute Gasteiger partial charge is 0.273 e. The van der Waals surface area contributed by atoms with Crippen molar-refractivity contribution < 1.29 is 9.59 Å². The third-order valence-electron chi connectivity index (χ3n) is 7.42. The molecule has 1 aromatic carbocycles. The molecule has 4 fully saturated rings. The van der Waals surface area contributed by atoms with Gasteiger partial charge in [0.15, 0.2) is 0 Å². The van der Waals surface area contributed by atoms with E-state index in [1.54, 1.807) is 18.3 Å². The number of carbonyl (C=O) groups is 2. The molecule has 2 amide bonds. The Bertz CT molecular complexity index is 924. The average molecular weight is 389 g/mol. The smallest absolute Gasteiger partial charge is 0.271 e. The number of benzene rings is 1. The zero-order chi connectivity index (χ0) is 20.1. The molecule has 4 aliphatic rings. The number of pyridine rings is 1. The number of nitrogens with one attached hydrogen (secondary N) is 2. The monoisotopic (exact) mass is 389 g/mol. The van der Waals surface area contributed by atoms with Gasteiger partial charge in [-0.15, -0.1) is 0 Å². The zero-order valence-corrected chi connectivity index (χ0v) is 16.8. The molecule has 5 heteroatoms. The SMILES string of the molecule is Cc1ccc(C23CC4CC(CC(C(=O)NNC(=O)c5cccnc5)(C4)C2)C3)cc1. The first-order valence-corrected chi connectivity index (χ1v) is 10.6. The van der Waals surface area contributed by atoms with Gasteiger partial charge in [-0.1, -0.05) is 29.8 Å². The van der Waals surface area contributed by atoms with Gasteiger partial charge in [0.05, 0.1) is 11.0 Å². The number of rotatable bonds is 3. The van der Waals surface area contributed by atoms with Crippen LogP contribution in [0.5, 0.6) is 0 Å². The number of aromatic nitrogens is 1. The van der Waals surface area contributed by atoms with Gasteiger partial charge in [-0.2, -0.15) is 0 Å². The minimum absolute atomic E-state index is 0.0275. The van der Waals surface area contributed by atoms with E-state index < -0.39 is 0 Å². The van der Waals surface area contributed by atoms with Gasteiger partial charge in [-0.25, -0.2) is 0 Å². The van der Waals surface area contributed by atoms with Gasteiger partial charge in [0.2, 0.25) is 5.91 Å². The summed E-state index contributed by atoms with van der Waals surface area (Å²) >= 11 is 0. The predicted molar refractivity (Wildman–Crippen MR) is 110 cm³/mol. The van der Waals surface area contributed by atoms with E-state index in [-0.39, 0.29) is 22.6 Å². The van der Waals surface area contributed by atoms with Crippen molar-refractivity contribution in [2.24, 2.45) is 17.3 Å². The average Bonchev–Trinajstić information content (AvgIpc) is 2.72. The summed E-state index contributed by atoms with van der Waals surface area (Å²) in [5, 5.41) is 0. The Balaban J connectivity index is 1.36. The molecule has 29 heavy (non-hydrogen) atoms. The standard InChI is InChI=1S/C24H27N3O2/c1-16-4-6-20(7-5-16)23-10-17-9-18(11-23)13-24(12-17,15-23)22(29)27-26-21(28)19-3-2-8-25-14-19/h2-8,14,17-18H,9-13,15H2,1H3,(H,26,28)(H,27,29). The van der Waals surface area contributed by atoms with E-state index in [1.807, 2.05) is 0 Å². The van der Waals surface area contributed by atoms with Crippen LogP contribution in [0.4, 0.5) is 0 Å². The summed E-state index contributed by atoms with van der Waals surface area (Å²) in [4.78, 5) is 29.6. The van der Waals surface area contributed by atoms with Crippen LogP contribution in [0.3, 0.4) is 0 Å². The van der Waals surface area contributed by atoms with Crippen molar-refractivity contribution in [2.75, 3.05) is 0 Å². The van der Waals surface area contributed by atoms with Crippen molar-refractivity contribution >= 4 is 11.8 Å². The van der Waals surface area contributed by atoms with E-state index in [0.717, 1.165) is 19.3 Å². The zero-order valence-electron chi connectivity index (χ0n) is 16.8. The highest BCUT2D eigenvalue weighted by Gasteiger charge is 2.61. The summed E-state index contributed by atoms with van der Waals surface area (Å²) in [5.74, 6) is 0.833. The van der Waals surface area contributed by atoms with E-state index in [1.165, 1.54) is 36.6 Å². The molecule has 0 saturated heterocycles. The molecule has 4 bridgehead atoms. The van der Waals surface area contributed by atoms with Gasteiger partial charge in [0, 0.05) is 12.4 Å². The lowest BCUT2D eigenvalue weighted by Gasteiger charge is -2.61. The lowest BCUT2D eigenvalue weighted by molar-refractivity contribution is -0.149. The van der Waals surface area contributed by atoms with Crippen molar-refractivity contribution in [1.29, 1.82) is 0 Å². The quantitative estimate of drug-likeness (QED) is 0.787. The molecule has 2 unspecified atom stereocenters. The summed E-state index contributed by atoms with van der Waals surface area (Å²) < 4.78 is 0. The van der Waals surface area contributed by atoms with Gasteiger partial charge in [-0.3, -0.25) is 25.4 Å². The molecule has 2 atom stereocenters. The van der Waals surface area contributed by atoms with Crippen LogP contribution in [0.1, 0.15) is 60.0 Å². The van der Waals surface area contributed by atoms with Crippen molar-refractivity contribution in [2.45, 2.75) is 50.9 Å². The summed E-state index contributed by atoms with van der Waals surface area (Å²) in [7, 11) is 0. The van der Waals surface area contributed by atoms with Crippen LogP contribution in [-0.4, -0.2) is 16.8 Å². The number of carbonyl (C=O) groups excluding carboxylic acids is 2. The Morgan fingerprint density at radius 1 is 1.00 bits per heavy atom. The molecular weight excluding hydrogens is 362 g/mol. The maximum Gasteiger partial charge on any atom is 0.271 e. The van der Waals surface area contributed by atoms with E-state index in [4.69, 9.17) is 0 Å². The first-order valence-electron chi connectivity index (χ1n) is 10.6. The van der Waals surface area contributed by atoms with Crippen molar-refractivity contribution in [1.82, 2.24) is 15.8 Å². The highest BCUT2D eigenvalue weighted by atomic mass is 16.2. The summed E-state index contributed by atoms with van der Waals surface area (Å²) in [6, 6.07) is 12.3. The number of hydrazine groups is 1. The molecule has 4 aliphatic carbocycles. The number of aryl methyl sites for hydroxylation is 1. The van der Waals surface area contributed by atoms with Crippen LogP contribution >= 0.6 is 0 Å². The number of hydrogen-bond acceptors (Lipinski definition) is 3. The Morgan fingerprint density at radius 3 is 2.38 bits per heavy atom. The van der Waals surface area contributed by atoms with E-state index in [0.29, 0.717) is 17.4 Å². The van der Waals surface area contributed by atoms with Gasteiger partial charge >= 0.3 is 0 Å². The van der Waals surface area contributed by atoms with Gasteiger partial charge < -0.3 is 0 Å². The minimum Gasteiger partial charge on any atom is -0.273 e. The third kappa shape index (κ3) is 3.13. The molecule has 6 rings (SSSR count). The van der Waals surface area contributed by atoms with Crippen LogP contribution in [-0.2, 0) is 10.2 Å². The van der Waals surface area contributed by atoms with Crippen LogP contribution < -0.4 is 10.9 Å². The molecule has 1 aromatic heterocycles. The normalized spacial score (nSPS) is 32.0. The number of nitrogens with zero attached hydrogens (tertiary/aromatic N) is 1. The van der Waals surface area contributed by atoms with Crippen molar-refractivity contribution in [3.63, 3.8) is 0 Å². The second-order valence-electron chi connectivity index (χ2n) is 9.54. The van der Waals surface area contributed by atoms with Gasteiger partial charge in [0.25, 0.3) is 5.91 Å². The fourth-order valence-corrected chi connectivity index (χ4v) is 6.59. The topological polar surface area (TPSA) is 71.1 Å². The Labute approximate surface area is 171 Å². The molecule has 0 aliphatic heterocycles. The molecule has 150 valence electrons. The molecule has 4 saturated carbocycles. The van der Waals surface area contributed by atoms with Gasteiger partial charge in [-0.05, 0) is 80.4 Å². The van der Waals surface area contributed by atoms with Crippen molar-refractivity contribution in [3.8, 4) is 0 Å². The van der Waals surface area contributed by atoms with E-state index in [9.17, 15) is 9.59 Å². The summed E-state index contributed by atoms with van der Waals surface area (Å²) in [6.45, 7) is 2.11.